The van der Waals surface area contributed by atoms with Gasteiger partial charge < -0.3 is 10.4 Å². The molecule has 2 N–H and O–H groups in total. The van der Waals surface area contributed by atoms with Gasteiger partial charge in [0.05, 0.1) is 0 Å². The van der Waals surface area contributed by atoms with Crippen molar-refractivity contribution in [2.45, 2.75) is 25.7 Å². The van der Waals surface area contributed by atoms with Crippen molar-refractivity contribution in [3.63, 3.8) is 0 Å². The number of hydrogen-bond donors (Lipinski definition) is 2. The summed E-state index contributed by atoms with van der Waals surface area (Å²) in [5, 5.41) is 13.3. The molecule has 0 amide bonds. The van der Waals surface area contributed by atoms with Gasteiger partial charge in [-0.1, -0.05) is 11.6 Å². The SMILES string of the molecule is OCC1(CCCNc2ccc(Cl)cc2)CC1. The molecule has 2 rings (SSSR count). The first-order chi connectivity index (χ1) is 7.74. The molecule has 0 heterocycles. The van der Waals surface area contributed by atoms with Crippen LogP contribution in [0.15, 0.2) is 24.3 Å². The van der Waals surface area contributed by atoms with Crippen LogP contribution < -0.4 is 5.32 Å². The third kappa shape index (κ3) is 3.13. The van der Waals surface area contributed by atoms with Crippen LogP contribution in [0.2, 0.25) is 5.02 Å². The van der Waals surface area contributed by atoms with Crippen molar-refractivity contribution in [1.29, 1.82) is 0 Å². The van der Waals surface area contributed by atoms with E-state index in [1.807, 2.05) is 24.3 Å². The zero-order chi connectivity index (χ0) is 11.4. The summed E-state index contributed by atoms with van der Waals surface area (Å²) in [5.74, 6) is 0. The maximum absolute atomic E-state index is 9.17. The summed E-state index contributed by atoms with van der Waals surface area (Å²) in [6.45, 7) is 1.32. The monoisotopic (exact) mass is 239 g/mol. The highest BCUT2D eigenvalue weighted by Gasteiger charge is 2.40. The van der Waals surface area contributed by atoms with Crippen LogP contribution in [0, 0.1) is 5.41 Å². The molecule has 0 atom stereocenters. The smallest absolute Gasteiger partial charge is 0.0487 e. The molecule has 3 heteroatoms. The molecule has 1 aliphatic carbocycles. The van der Waals surface area contributed by atoms with E-state index in [1.54, 1.807) is 0 Å². The van der Waals surface area contributed by atoms with Crippen LogP contribution in [-0.4, -0.2) is 18.3 Å². The predicted octanol–water partition coefficient (Wildman–Crippen LogP) is 3.30. The minimum atomic E-state index is 0.279. The molecule has 1 aromatic carbocycles. The summed E-state index contributed by atoms with van der Waals surface area (Å²) < 4.78 is 0. The maximum atomic E-state index is 9.17. The Bertz CT molecular complexity index is 332. The molecule has 1 aliphatic rings. The Morgan fingerprint density at radius 1 is 1.25 bits per heavy atom. The number of rotatable bonds is 6. The van der Waals surface area contributed by atoms with Gasteiger partial charge in [0.25, 0.3) is 0 Å². The van der Waals surface area contributed by atoms with Crippen molar-refractivity contribution >= 4 is 17.3 Å². The highest BCUT2D eigenvalue weighted by atomic mass is 35.5. The molecule has 0 spiro atoms. The Labute approximate surface area is 102 Å². The molecule has 0 saturated heterocycles. The Balaban J connectivity index is 1.66. The Kier molecular flexibility index (Phi) is 3.72. The first kappa shape index (κ1) is 11.7. The average Bonchev–Trinajstić information content (AvgIpc) is 3.08. The number of benzene rings is 1. The number of halogens is 1. The first-order valence-electron chi connectivity index (χ1n) is 5.84. The third-order valence-corrected chi connectivity index (χ3v) is 3.60. The zero-order valence-corrected chi connectivity index (χ0v) is 10.1. The number of aliphatic hydroxyl groups excluding tert-OH is 1. The van der Waals surface area contributed by atoms with Crippen LogP contribution in [0.1, 0.15) is 25.7 Å². The number of nitrogens with one attached hydrogen (secondary N) is 1. The molecule has 2 nitrogen and oxygen atoms in total. The normalized spacial score (nSPS) is 17.1. The van der Waals surface area contributed by atoms with E-state index in [2.05, 4.69) is 5.32 Å². The van der Waals surface area contributed by atoms with E-state index in [0.717, 1.165) is 30.1 Å². The summed E-state index contributed by atoms with van der Waals surface area (Å²) in [6, 6.07) is 7.75. The molecule has 0 bridgehead atoms. The standard InChI is InChI=1S/C13H18ClNO/c14-11-2-4-12(5-3-11)15-9-1-6-13(10-16)7-8-13/h2-5,15-16H,1,6-10H2. The number of hydrogen-bond acceptors (Lipinski definition) is 2. The van der Waals surface area contributed by atoms with Gasteiger partial charge in [0.2, 0.25) is 0 Å². The fraction of sp³-hybridized carbons (Fsp3) is 0.538. The van der Waals surface area contributed by atoms with Crippen LogP contribution in [0.25, 0.3) is 0 Å². The topological polar surface area (TPSA) is 32.3 Å². The fourth-order valence-corrected chi connectivity index (χ4v) is 2.05. The minimum absolute atomic E-state index is 0.279. The first-order valence-corrected chi connectivity index (χ1v) is 6.22. The van der Waals surface area contributed by atoms with Gasteiger partial charge in [-0.15, -0.1) is 0 Å². The highest BCUT2D eigenvalue weighted by Crippen LogP contribution is 2.48. The largest absolute Gasteiger partial charge is 0.396 e. The van der Waals surface area contributed by atoms with Crippen LogP contribution >= 0.6 is 11.6 Å². The molecule has 1 aromatic rings. The van der Waals surface area contributed by atoms with E-state index < -0.39 is 0 Å². The molecule has 1 fully saturated rings. The minimum Gasteiger partial charge on any atom is -0.396 e. The van der Waals surface area contributed by atoms with E-state index in [-0.39, 0.29) is 5.41 Å². The van der Waals surface area contributed by atoms with Gasteiger partial charge in [-0.3, -0.25) is 0 Å². The van der Waals surface area contributed by atoms with Crippen molar-refractivity contribution < 1.29 is 5.11 Å². The van der Waals surface area contributed by atoms with Gasteiger partial charge in [0, 0.05) is 23.9 Å². The van der Waals surface area contributed by atoms with E-state index in [0.29, 0.717) is 6.61 Å². The van der Waals surface area contributed by atoms with Crippen molar-refractivity contribution in [2.75, 3.05) is 18.5 Å². The summed E-state index contributed by atoms with van der Waals surface area (Å²) >= 11 is 5.80. The van der Waals surface area contributed by atoms with Crippen molar-refractivity contribution in [3.8, 4) is 0 Å². The maximum Gasteiger partial charge on any atom is 0.0487 e. The second-order valence-corrected chi connectivity index (χ2v) is 5.13. The Hall–Kier alpha value is -0.730. The summed E-state index contributed by atoms with van der Waals surface area (Å²) in [6.07, 6.45) is 4.64. The molecule has 1 saturated carbocycles. The molecule has 16 heavy (non-hydrogen) atoms. The lowest BCUT2D eigenvalue weighted by Gasteiger charge is -2.11. The zero-order valence-electron chi connectivity index (χ0n) is 9.38. The van der Waals surface area contributed by atoms with Gasteiger partial charge in [-0.2, -0.15) is 0 Å². The van der Waals surface area contributed by atoms with Gasteiger partial charge in [0.1, 0.15) is 0 Å². The van der Waals surface area contributed by atoms with E-state index in [1.165, 1.54) is 12.8 Å². The van der Waals surface area contributed by atoms with Gasteiger partial charge in [-0.25, -0.2) is 0 Å². The summed E-state index contributed by atoms with van der Waals surface area (Å²) in [4.78, 5) is 0. The van der Waals surface area contributed by atoms with Crippen molar-refractivity contribution in [2.24, 2.45) is 5.41 Å². The lowest BCUT2D eigenvalue weighted by molar-refractivity contribution is 0.202. The molecule has 0 radical (unpaired) electrons. The van der Waals surface area contributed by atoms with E-state index >= 15 is 0 Å². The summed E-state index contributed by atoms with van der Waals surface area (Å²) in [7, 11) is 0. The molecule has 0 aliphatic heterocycles. The lowest BCUT2D eigenvalue weighted by atomic mass is 10.0. The number of aliphatic hydroxyl groups is 1. The molecule has 0 unspecified atom stereocenters. The molecule has 88 valence electrons. The van der Waals surface area contributed by atoms with Crippen LogP contribution in [0.3, 0.4) is 0 Å². The molecular weight excluding hydrogens is 222 g/mol. The van der Waals surface area contributed by atoms with Crippen molar-refractivity contribution in [3.05, 3.63) is 29.3 Å². The average molecular weight is 240 g/mol. The van der Waals surface area contributed by atoms with Gasteiger partial charge in [-0.05, 0) is 55.4 Å². The van der Waals surface area contributed by atoms with Gasteiger partial charge >= 0.3 is 0 Å². The molecule has 0 aromatic heterocycles. The van der Waals surface area contributed by atoms with Gasteiger partial charge in [0.15, 0.2) is 0 Å². The van der Waals surface area contributed by atoms with Crippen molar-refractivity contribution in [1.82, 2.24) is 0 Å². The van der Waals surface area contributed by atoms with Crippen LogP contribution in [0.5, 0.6) is 0 Å². The quantitative estimate of drug-likeness (QED) is 0.747. The third-order valence-electron chi connectivity index (χ3n) is 3.35. The predicted molar refractivity (Wildman–Crippen MR) is 67.9 cm³/mol. The second kappa shape index (κ2) is 5.07. The van der Waals surface area contributed by atoms with E-state index in [4.69, 9.17) is 16.7 Å². The molecular formula is C13H18ClNO. The van der Waals surface area contributed by atoms with E-state index in [9.17, 15) is 0 Å². The van der Waals surface area contributed by atoms with Crippen LogP contribution in [0.4, 0.5) is 5.69 Å². The number of anilines is 1. The lowest BCUT2D eigenvalue weighted by Crippen LogP contribution is -2.09. The van der Waals surface area contributed by atoms with Crippen LogP contribution in [-0.2, 0) is 0 Å². The Morgan fingerprint density at radius 2 is 1.94 bits per heavy atom. The fourth-order valence-electron chi connectivity index (χ4n) is 1.93. The summed E-state index contributed by atoms with van der Waals surface area (Å²) in [5.41, 5.74) is 1.39. The second-order valence-electron chi connectivity index (χ2n) is 4.70. The Morgan fingerprint density at radius 3 is 2.50 bits per heavy atom. The highest BCUT2D eigenvalue weighted by molar-refractivity contribution is 6.30.